The molecule has 1 aromatic carbocycles. The van der Waals surface area contributed by atoms with Gasteiger partial charge in [-0.05, 0) is 17.9 Å². The topological polar surface area (TPSA) is 47.0 Å². The Hall–Kier alpha value is -2.01. The molecular weight excluding hydrogens is 270 g/mol. The lowest BCUT2D eigenvalue weighted by atomic mass is 10.2. The number of aromatic nitrogens is 2. The first-order valence-corrected chi connectivity index (χ1v) is 7.49. The molecule has 1 aromatic heterocycles. The quantitative estimate of drug-likeness (QED) is 0.652. The van der Waals surface area contributed by atoms with Crippen molar-refractivity contribution in [2.24, 2.45) is 0 Å². The predicted molar refractivity (Wildman–Crippen MR) is 84.3 cm³/mol. The second-order valence-corrected chi connectivity index (χ2v) is 4.73. The molecule has 0 aliphatic rings. The zero-order valence-electron chi connectivity index (χ0n) is 11.5. The van der Waals surface area contributed by atoms with Crippen LogP contribution in [0.1, 0.15) is 5.56 Å². The maximum absolute atomic E-state index is 5.62. The van der Waals surface area contributed by atoms with Crippen LogP contribution < -0.4 is 10.1 Å². The van der Waals surface area contributed by atoms with Crippen molar-refractivity contribution in [3.63, 3.8) is 0 Å². The Morgan fingerprint density at radius 2 is 2.05 bits per heavy atom. The minimum absolute atomic E-state index is 0.475. The second kappa shape index (κ2) is 7.55. The summed E-state index contributed by atoms with van der Waals surface area (Å²) in [6.07, 6.45) is 5.93. The van der Waals surface area contributed by atoms with Crippen molar-refractivity contribution in [1.29, 1.82) is 0 Å². The van der Waals surface area contributed by atoms with Crippen molar-refractivity contribution in [3.05, 3.63) is 48.0 Å². The van der Waals surface area contributed by atoms with Gasteiger partial charge < -0.3 is 10.1 Å². The largest absolute Gasteiger partial charge is 0.473 e. The number of rotatable bonds is 6. The van der Waals surface area contributed by atoms with Crippen molar-refractivity contribution in [2.75, 3.05) is 25.2 Å². The predicted octanol–water partition coefficient (Wildman–Crippen LogP) is 3.33. The second-order valence-electron chi connectivity index (χ2n) is 3.95. The van der Waals surface area contributed by atoms with Crippen molar-refractivity contribution < 1.29 is 4.74 Å². The maximum atomic E-state index is 5.62. The molecule has 0 saturated heterocycles. The molecule has 0 bridgehead atoms. The molecule has 2 aromatic rings. The monoisotopic (exact) mass is 287 g/mol. The first-order chi connectivity index (χ1) is 9.81. The summed E-state index contributed by atoms with van der Waals surface area (Å²) in [5.74, 6) is 1.33. The molecule has 0 fully saturated rings. The number of thioether (sulfide) groups is 1. The number of nitrogens with zero attached hydrogens (tertiary/aromatic N) is 2. The number of nitrogens with one attached hydrogen (secondary N) is 1. The fourth-order valence-electron chi connectivity index (χ4n) is 1.58. The van der Waals surface area contributed by atoms with Crippen LogP contribution in [-0.2, 0) is 0 Å². The molecule has 104 valence electrons. The molecule has 0 aliphatic heterocycles. The number of benzene rings is 1. The lowest BCUT2D eigenvalue weighted by Gasteiger charge is -2.06. The van der Waals surface area contributed by atoms with Crippen LogP contribution in [0.3, 0.4) is 0 Å². The van der Waals surface area contributed by atoms with E-state index in [4.69, 9.17) is 4.74 Å². The Kier molecular flexibility index (Phi) is 5.43. The Bertz CT molecular complexity index is 550. The molecule has 2 rings (SSSR count). The summed E-state index contributed by atoms with van der Waals surface area (Å²) < 4.78 is 5.62. The lowest BCUT2D eigenvalue weighted by molar-refractivity contribution is 0.345. The van der Waals surface area contributed by atoms with E-state index < -0.39 is 0 Å². The Balaban J connectivity index is 1.95. The van der Waals surface area contributed by atoms with Crippen LogP contribution in [0, 0.1) is 0 Å². The summed E-state index contributed by atoms with van der Waals surface area (Å²) in [5, 5.41) is 3.69. The summed E-state index contributed by atoms with van der Waals surface area (Å²) in [6, 6.07) is 11.9. The van der Waals surface area contributed by atoms with Gasteiger partial charge in [0, 0.05) is 13.1 Å². The van der Waals surface area contributed by atoms with Gasteiger partial charge in [0.25, 0.3) is 0 Å². The number of hydrogen-bond acceptors (Lipinski definition) is 5. The van der Waals surface area contributed by atoms with Gasteiger partial charge in [-0.2, -0.15) is 4.98 Å². The number of anilines is 1. The third kappa shape index (κ3) is 4.28. The van der Waals surface area contributed by atoms with Crippen molar-refractivity contribution >= 4 is 23.7 Å². The highest BCUT2D eigenvalue weighted by Gasteiger charge is 2.03. The highest BCUT2D eigenvalue weighted by molar-refractivity contribution is 7.98. The summed E-state index contributed by atoms with van der Waals surface area (Å²) in [6.45, 7) is 0.475. The summed E-state index contributed by atoms with van der Waals surface area (Å²) in [7, 11) is 1.82. The van der Waals surface area contributed by atoms with Crippen LogP contribution in [0.4, 0.5) is 5.82 Å². The average molecular weight is 287 g/mol. The third-order valence-corrected chi connectivity index (χ3v) is 3.11. The van der Waals surface area contributed by atoms with E-state index in [0.29, 0.717) is 17.6 Å². The highest BCUT2D eigenvalue weighted by atomic mass is 32.2. The van der Waals surface area contributed by atoms with E-state index in [-0.39, 0.29) is 0 Å². The van der Waals surface area contributed by atoms with Crippen LogP contribution in [0.5, 0.6) is 5.88 Å². The minimum Gasteiger partial charge on any atom is -0.473 e. The van der Waals surface area contributed by atoms with E-state index in [2.05, 4.69) is 15.3 Å². The Morgan fingerprint density at radius 3 is 2.75 bits per heavy atom. The molecule has 20 heavy (non-hydrogen) atoms. The van der Waals surface area contributed by atoms with Gasteiger partial charge in [-0.1, -0.05) is 48.2 Å². The van der Waals surface area contributed by atoms with Gasteiger partial charge in [-0.15, -0.1) is 0 Å². The van der Waals surface area contributed by atoms with Crippen molar-refractivity contribution in [3.8, 4) is 5.88 Å². The van der Waals surface area contributed by atoms with E-state index in [1.165, 1.54) is 11.8 Å². The third-order valence-electron chi connectivity index (χ3n) is 2.56. The first-order valence-electron chi connectivity index (χ1n) is 6.27. The molecule has 1 N–H and O–H groups in total. The lowest BCUT2D eigenvalue weighted by Crippen LogP contribution is -2.01. The van der Waals surface area contributed by atoms with Crippen molar-refractivity contribution in [1.82, 2.24) is 9.97 Å². The Labute approximate surface area is 123 Å². The molecule has 0 spiro atoms. The van der Waals surface area contributed by atoms with Crippen LogP contribution in [0.2, 0.25) is 0 Å². The normalized spacial score (nSPS) is 10.7. The minimum atomic E-state index is 0.475. The fourth-order valence-corrected chi connectivity index (χ4v) is 1.95. The van der Waals surface area contributed by atoms with E-state index >= 15 is 0 Å². The molecule has 4 nitrogen and oxygen atoms in total. The van der Waals surface area contributed by atoms with E-state index in [9.17, 15) is 0 Å². The van der Waals surface area contributed by atoms with Crippen molar-refractivity contribution in [2.45, 2.75) is 5.16 Å². The molecule has 0 amide bonds. The number of hydrogen-bond donors (Lipinski definition) is 1. The van der Waals surface area contributed by atoms with Gasteiger partial charge in [0.05, 0.1) is 0 Å². The van der Waals surface area contributed by atoms with Gasteiger partial charge >= 0.3 is 0 Å². The molecule has 1 heterocycles. The van der Waals surface area contributed by atoms with E-state index in [1.807, 2.05) is 55.8 Å². The molecule has 0 radical (unpaired) electrons. The smallest absolute Gasteiger partial charge is 0.219 e. The van der Waals surface area contributed by atoms with Gasteiger partial charge in [0.15, 0.2) is 5.16 Å². The molecule has 5 heteroatoms. The van der Waals surface area contributed by atoms with Gasteiger partial charge in [0.2, 0.25) is 5.88 Å². The SMILES string of the molecule is CNc1cc(OC/C=C/c2ccccc2)nc(SC)n1. The summed E-state index contributed by atoms with van der Waals surface area (Å²) >= 11 is 1.49. The molecular formula is C15H17N3OS. The zero-order chi connectivity index (χ0) is 14.2. The van der Waals surface area contributed by atoms with Crippen LogP contribution in [0.25, 0.3) is 6.08 Å². The van der Waals surface area contributed by atoms with Crippen LogP contribution >= 0.6 is 11.8 Å². The van der Waals surface area contributed by atoms with Gasteiger partial charge in [-0.25, -0.2) is 4.98 Å². The van der Waals surface area contributed by atoms with E-state index in [1.54, 1.807) is 6.07 Å². The zero-order valence-corrected chi connectivity index (χ0v) is 12.4. The van der Waals surface area contributed by atoms with Gasteiger partial charge in [0.1, 0.15) is 12.4 Å². The number of ether oxygens (including phenoxy) is 1. The molecule has 0 atom stereocenters. The summed E-state index contributed by atoms with van der Waals surface area (Å²) in [5.41, 5.74) is 1.15. The van der Waals surface area contributed by atoms with Gasteiger partial charge in [-0.3, -0.25) is 0 Å². The first kappa shape index (κ1) is 14.4. The standard InChI is InChI=1S/C15H17N3OS/c1-16-13-11-14(18-15(17-13)20-2)19-10-6-9-12-7-4-3-5-8-12/h3-9,11H,10H2,1-2H3,(H,16,17,18)/b9-6+. The van der Waals surface area contributed by atoms with Crippen LogP contribution in [0.15, 0.2) is 47.6 Å². The maximum Gasteiger partial charge on any atom is 0.219 e. The highest BCUT2D eigenvalue weighted by Crippen LogP contribution is 2.18. The molecule has 0 saturated carbocycles. The fraction of sp³-hybridized carbons (Fsp3) is 0.200. The molecule has 0 aliphatic carbocycles. The summed E-state index contributed by atoms with van der Waals surface area (Å²) in [4.78, 5) is 8.59. The average Bonchev–Trinajstić information content (AvgIpc) is 2.52. The van der Waals surface area contributed by atoms with E-state index in [0.717, 1.165) is 11.4 Å². The molecule has 0 unspecified atom stereocenters. The van der Waals surface area contributed by atoms with Crippen LogP contribution in [-0.4, -0.2) is 29.9 Å². The Morgan fingerprint density at radius 1 is 1.25 bits per heavy atom.